The minimum atomic E-state index is 0.154. The Kier molecular flexibility index (Phi) is 8.94. The van der Waals surface area contributed by atoms with Crippen LogP contribution in [0.1, 0.15) is 47.0 Å². The first kappa shape index (κ1) is 15.2. The SMILES string of the molecule is CC(C)C#CCCC(=O)COCCC(C)C. The van der Waals surface area contributed by atoms with Gasteiger partial charge in [0.2, 0.25) is 0 Å². The van der Waals surface area contributed by atoms with Gasteiger partial charge in [0.05, 0.1) is 0 Å². The average molecular weight is 224 g/mol. The Balaban J connectivity index is 3.43. The monoisotopic (exact) mass is 224 g/mol. The molecule has 0 aliphatic heterocycles. The molecule has 0 saturated carbocycles. The molecule has 0 aromatic rings. The molecule has 0 N–H and O–H groups in total. The molecule has 2 heteroatoms. The van der Waals surface area contributed by atoms with Crippen molar-refractivity contribution in [2.24, 2.45) is 11.8 Å². The standard InChI is InChI=1S/C14H24O2/c1-12(2)7-5-6-8-14(15)11-16-10-9-13(3)4/h12-13H,6,8-11H2,1-4H3. The fourth-order valence-corrected chi connectivity index (χ4v) is 1.06. The zero-order chi connectivity index (χ0) is 12.4. The lowest BCUT2D eigenvalue weighted by molar-refractivity contribution is -0.123. The first-order chi connectivity index (χ1) is 7.52. The summed E-state index contributed by atoms with van der Waals surface area (Å²) in [6, 6.07) is 0. The summed E-state index contributed by atoms with van der Waals surface area (Å²) < 4.78 is 5.29. The van der Waals surface area contributed by atoms with E-state index < -0.39 is 0 Å². The van der Waals surface area contributed by atoms with Gasteiger partial charge < -0.3 is 4.74 Å². The van der Waals surface area contributed by atoms with Crippen molar-refractivity contribution >= 4 is 5.78 Å². The maximum absolute atomic E-state index is 11.3. The Morgan fingerprint density at radius 2 is 1.94 bits per heavy atom. The third-order valence-electron chi connectivity index (χ3n) is 2.02. The largest absolute Gasteiger partial charge is 0.374 e. The van der Waals surface area contributed by atoms with Crippen LogP contribution in [0.2, 0.25) is 0 Å². The fraction of sp³-hybridized carbons (Fsp3) is 0.786. The molecule has 92 valence electrons. The van der Waals surface area contributed by atoms with E-state index in [1.165, 1.54) is 0 Å². The van der Waals surface area contributed by atoms with Crippen molar-refractivity contribution in [1.29, 1.82) is 0 Å². The van der Waals surface area contributed by atoms with Gasteiger partial charge in [0.15, 0.2) is 5.78 Å². The highest BCUT2D eigenvalue weighted by atomic mass is 16.5. The highest BCUT2D eigenvalue weighted by Crippen LogP contribution is 1.99. The van der Waals surface area contributed by atoms with Crippen molar-refractivity contribution in [3.63, 3.8) is 0 Å². The predicted octanol–water partition coefficient (Wildman–Crippen LogP) is 3.06. The number of carbonyl (C=O) groups is 1. The third-order valence-corrected chi connectivity index (χ3v) is 2.02. The van der Waals surface area contributed by atoms with E-state index in [1.807, 2.05) is 13.8 Å². The molecule has 0 radical (unpaired) electrons. The van der Waals surface area contributed by atoms with Crippen LogP contribution in [0.4, 0.5) is 0 Å². The summed E-state index contributed by atoms with van der Waals surface area (Å²) in [5.74, 6) is 7.21. The van der Waals surface area contributed by atoms with Gasteiger partial charge in [-0.1, -0.05) is 27.7 Å². The summed E-state index contributed by atoms with van der Waals surface area (Å²) in [6.07, 6.45) is 2.19. The Morgan fingerprint density at radius 1 is 1.25 bits per heavy atom. The van der Waals surface area contributed by atoms with Gasteiger partial charge in [-0.05, 0) is 12.3 Å². The van der Waals surface area contributed by atoms with Crippen molar-refractivity contribution in [2.75, 3.05) is 13.2 Å². The first-order valence-corrected chi connectivity index (χ1v) is 6.10. The molecule has 0 heterocycles. The van der Waals surface area contributed by atoms with Crippen LogP contribution in [-0.4, -0.2) is 19.0 Å². The second-order valence-electron chi connectivity index (χ2n) is 4.75. The van der Waals surface area contributed by atoms with Crippen LogP contribution in [0.5, 0.6) is 0 Å². The molecule has 0 aromatic heterocycles. The quantitative estimate of drug-likeness (QED) is 0.491. The molecule has 0 amide bonds. The summed E-state index contributed by atoms with van der Waals surface area (Å²) in [4.78, 5) is 11.3. The van der Waals surface area contributed by atoms with Gasteiger partial charge in [0, 0.05) is 25.4 Å². The number of carbonyl (C=O) groups excluding carboxylic acids is 1. The van der Waals surface area contributed by atoms with Crippen LogP contribution >= 0.6 is 0 Å². The molecule has 0 atom stereocenters. The van der Waals surface area contributed by atoms with Crippen LogP contribution in [0, 0.1) is 23.7 Å². The maximum Gasteiger partial charge on any atom is 0.159 e. The van der Waals surface area contributed by atoms with E-state index in [9.17, 15) is 4.79 Å². The minimum Gasteiger partial charge on any atom is -0.374 e. The van der Waals surface area contributed by atoms with Crippen molar-refractivity contribution in [3.05, 3.63) is 0 Å². The van der Waals surface area contributed by atoms with Crippen LogP contribution in [0.25, 0.3) is 0 Å². The van der Waals surface area contributed by atoms with Crippen molar-refractivity contribution in [2.45, 2.75) is 47.0 Å². The summed E-state index contributed by atoms with van der Waals surface area (Å²) in [6.45, 7) is 9.31. The average Bonchev–Trinajstić information content (AvgIpc) is 2.19. The molecule has 0 unspecified atom stereocenters. The molecular formula is C14H24O2. The number of ether oxygens (including phenoxy) is 1. The molecule has 0 saturated heterocycles. The molecule has 0 bridgehead atoms. The van der Waals surface area contributed by atoms with Gasteiger partial charge in [0.1, 0.15) is 6.61 Å². The number of rotatable bonds is 7. The normalized spacial score (nSPS) is 10.4. The Bertz CT molecular complexity index is 243. The van der Waals surface area contributed by atoms with E-state index in [0.717, 1.165) is 6.42 Å². The van der Waals surface area contributed by atoms with Crippen molar-refractivity contribution in [1.82, 2.24) is 0 Å². The van der Waals surface area contributed by atoms with E-state index in [2.05, 4.69) is 25.7 Å². The van der Waals surface area contributed by atoms with Gasteiger partial charge in [0.25, 0.3) is 0 Å². The second kappa shape index (κ2) is 9.42. The highest BCUT2D eigenvalue weighted by Gasteiger charge is 2.01. The lowest BCUT2D eigenvalue weighted by atomic mass is 10.1. The van der Waals surface area contributed by atoms with Crippen molar-refractivity contribution in [3.8, 4) is 11.8 Å². The molecular weight excluding hydrogens is 200 g/mol. The zero-order valence-corrected chi connectivity index (χ0v) is 11.0. The number of hydrogen-bond acceptors (Lipinski definition) is 2. The van der Waals surface area contributed by atoms with Crippen LogP contribution in [0.15, 0.2) is 0 Å². The van der Waals surface area contributed by atoms with E-state index in [4.69, 9.17) is 4.74 Å². The molecule has 2 nitrogen and oxygen atoms in total. The van der Waals surface area contributed by atoms with Crippen molar-refractivity contribution < 1.29 is 9.53 Å². The summed E-state index contributed by atoms with van der Waals surface area (Å²) in [7, 11) is 0. The first-order valence-electron chi connectivity index (χ1n) is 6.10. The molecule has 0 spiro atoms. The van der Waals surface area contributed by atoms with E-state index in [1.54, 1.807) is 0 Å². The molecule has 0 aliphatic carbocycles. The van der Waals surface area contributed by atoms with Crippen LogP contribution in [0.3, 0.4) is 0 Å². The smallest absolute Gasteiger partial charge is 0.159 e. The maximum atomic E-state index is 11.3. The van der Waals surface area contributed by atoms with E-state index >= 15 is 0 Å². The molecule has 0 rings (SSSR count). The Labute approximate surface area is 99.8 Å². The molecule has 0 fully saturated rings. The topological polar surface area (TPSA) is 26.3 Å². The van der Waals surface area contributed by atoms with Crippen LogP contribution in [-0.2, 0) is 9.53 Å². The lowest BCUT2D eigenvalue weighted by Gasteiger charge is -2.04. The molecule has 0 aromatic carbocycles. The van der Waals surface area contributed by atoms with E-state index in [-0.39, 0.29) is 12.4 Å². The third kappa shape index (κ3) is 11.3. The number of hydrogen-bond donors (Lipinski definition) is 0. The fourth-order valence-electron chi connectivity index (χ4n) is 1.06. The lowest BCUT2D eigenvalue weighted by Crippen LogP contribution is -2.10. The summed E-state index contributed by atoms with van der Waals surface area (Å²) in [5.41, 5.74) is 0. The second-order valence-corrected chi connectivity index (χ2v) is 4.75. The predicted molar refractivity (Wildman–Crippen MR) is 67.1 cm³/mol. The zero-order valence-electron chi connectivity index (χ0n) is 11.0. The molecule has 0 aliphatic rings. The van der Waals surface area contributed by atoms with Gasteiger partial charge in [-0.3, -0.25) is 4.79 Å². The van der Waals surface area contributed by atoms with Gasteiger partial charge in [-0.25, -0.2) is 0 Å². The van der Waals surface area contributed by atoms with Gasteiger partial charge in [-0.15, -0.1) is 11.8 Å². The van der Waals surface area contributed by atoms with E-state index in [0.29, 0.717) is 31.3 Å². The Hall–Kier alpha value is -0.810. The minimum absolute atomic E-state index is 0.154. The molecule has 16 heavy (non-hydrogen) atoms. The number of ketones is 1. The highest BCUT2D eigenvalue weighted by molar-refractivity contribution is 5.79. The Morgan fingerprint density at radius 3 is 2.50 bits per heavy atom. The van der Waals surface area contributed by atoms with Crippen LogP contribution < -0.4 is 0 Å². The number of Topliss-reactive ketones (excluding diaryl/α,β-unsaturated/α-hetero) is 1. The summed E-state index contributed by atoms with van der Waals surface area (Å²) in [5, 5.41) is 0. The van der Waals surface area contributed by atoms with Gasteiger partial charge >= 0.3 is 0 Å². The van der Waals surface area contributed by atoms with Gasteiger partial charge in [-0.2, -0.15) is 0 Å². The summed E-state index contributed by atoms with van der Waals surface area (Å²) >= 11 is 0.